The molecule has 0 unspecified atom stereocenters. The summed E-state index contributed by atoms with van der Waals surface area (Å²) in [5.74, 6) is -0.291. The summed E-state index contributed by atoms with van der Waals surface area (Å²) in [5, 5.41) is 2.18. The van der Waals surface area contributed by atoms with Gasteiger partial charge in [0.25, 0.3) is 0 Å². The largest absolute Gasteiger partial charge is 0.241 e. The summed E-state index contributed by atoms with van der Waals surface area (Å²) in [7, 11) is -3.39. The Morgan fingerprint density at radius 2 is 2.00 bits per heavy atom. The fourth-order valence-electron chi connectivity index (χ4n) is 1.52. The summed E-state index contributed by atoms with van der Waals surface area (Å²) >= 11 is 6.71. The number of nitrogens with zero attached hydrogens (tertiary/aromatic N) is 1. The first kappa shape index (κ1) is 15.4. The van der Waals surface area contributed by atoms with E-state index in [1.165, 1.54) is 23.5 Å². The molecule has 1 aromatic carbocycles. The van der Waals surface area contributed by atoms with Crippen LogP contribution in [0.5, 0.6) is 0 Å². The van der Waals surface area contributed by atoms with Crippen LogP contribution in [-0.2, 0) is 16.4 Å². The Kier molecular flexibility index (Phi) is 5.09. The van der Waals surface area contributed by atoms with Crippen LogP contribution in [0.25, 0.3) is 10.6 Å². The number of rotatable bonds is 6. The van der Waals surface area contributed by atoms with Crippen LogP contribution in [0.2, 0.25) is 0 Å². The van der Waals surface area contributed by atoms with Gasteiger partial charge in [-0.2, -0.15) is 0 Å². The van der Waals surface area contributed by atoms with Gasteiger partial charge in [-0.05, 0) is 24.3 Å². The van der Waals surface area contributed by atoms with Crippen molar-refractivity contribution in [3.8, 4) is 10.6 Å². The quantitative estimate of drug-likeness (QED) is 0.826. The summed E-state index contributed by atoms with van der Waals surface area (Å²) in [6.07, 6.45) is 0.480. The molecule has 0 aliphatic carbocycles. The number of nitrogens with one attached hydrogen (secondary N) is 1. The molecule has 1 heterocycles. The number of alkyl halides is 1. The predicted octanol–water partition coefficient (Wildman–Crippen LogP) is 2.61. The van der Waals surface area contributed by atoms with Crippen LogP contribution in [0.4, 0.5) is 4.39 Å². The van der Waals surface area contributed by atoms with Gasteiger partial charge in [-0.15, -0.1) is 22.9 Å². The highest BCUT2D eigenvalue weighted by Crippen LogP contribution is 2.23. The van der Waals surface area contributed by atoms with Crippen molar-refractivity contribution in [2.45, 2.75) is 6.42 Å². The van der Waals surface area contributed by atoms with Crippen LogP contribution in [-0.4, -0.2) is 25.2 Å². The zero-order valence-electron chi connectivity index (χ0n) is 10.3. The molecule has 1 N–H and O–H groups in total. The first-order valence-corrected chi connectivity index (χ1v) is 8.80. The molecule has 0 aliphatic heterocycles. The van der Waals surface area contributed by atoms with E-state index in [0.717, 1.165) is 16.3 Å². The molecule has 20 heavy (non-hydrogen) atoms. The topological polar surface area (TPSA) is 59.1 Å². The molecule has 0 aliphatic rings. The molecule has 8 heteroatoms. The van der Waals surface area contributed by atoms with E-state index < -0.39 is 15.2 Å². The lowest BCUT2D eigenvalue weighted by molar-refractivity contribution is 0.586. The van der Waals surface area contributed by atoms with Gasteiger partial charge in [0, 0.05) is 23.9 Å². The van der Waals surface area contributed by atoms with E-state index in [4.69, 9.17) is 11.6 Å². The Hall–Kier alpha value is -1.02. The van der Waals surface area contributed by atoms with Crippen molar-refractivity contribution < 1.29 is 12.8 Å². The second-order valence-corrected chi connectivity index (χ2v) is 7.27. The molecule has 1 aromatic heterocycles. The SMILES string of the molecule is O=S(=O)(CCl)NCCc1csc(-c2ccc(F)cc2)n1. The average molecular weight is 335 g/mol. The monoisotopic (exact) mass is 334 g/mol. The molecule has 0 atom stereocenters. The Morgan fingerprint density at radius 3 is 2.65 bits per heavy atom. The van der Waals surface area contributed by atoms with Crippen LogP contribution in [0.3, 0.4) is 0 Å². The number of sulfonamides is 1. The Balaban J connectivity index is 1.97. The molecule has 0 spiro atoms. The van der Waals surface area contributed by atoms with Crippen molar-refractivity contribution in [2.75, 3.05) is 11.8 Å². The summed E-state index contributed by atoms with van der Waals surface area (Å²) in [6.45, 7) is 0.252. The van der Waals surface area contributed by atoms with Gasteiger partial charge >= 0.3 is 0 Å². The molecule has 2 aromatic rings. The van der Waals surface area contributed by atoms with Gasteiger partial charge in [0.2, 0.25) is 10.0 Å². The molecule has 0 saturated carbocycles. The van der Waals surface area contributed by atoms with Crippen molar-refractivity contribution in [2.24, 2.45) is 0 Å². The lowest BCUT2D eigenvalue weighted by atomic mass is 10.2. The van der Waals surface area contributed by atoms with E-state index in [0.29, 0.717) is 6.42 Å². The Bertz CT molecular complexity index is 671. The number of aromatic nitrogens is 1. The molecule has 108 valence electrons. The maximum absolute atomic E-state index is 12.8. The second kappa shape index (κ2) is 6.62. The van der Waals surface area contributed by atoms with Gasteiger partial charge in [0.15, 0.2) is 0 Å². The fourth-order valence-corrected chi connectivity index (χ4v) is 3.10. The molecule has 0 saturated heterocycles. The van der Waals surface area contributed by atoms with Crippen LogP contribution < -0.4 is 4.72 Å². The highest BCUT2D eigenvalue weighted by Gasteiger charge is 2.08. The Labute approximate surface area is 125 Å². The third-order valence-electron chi connectivity index (χ3n) is 2.49. The summed E-state index contributed by atoms with van der Waals surface area (Å²) in [4.78, 5) is 4.38. The number of hydrogen-bond acceptors (Lipinski definition) is 4. The molecular weight excluding hydrogens is 323 g/mol. The number of halogens is 2. The molecule has 4 nitrogen and oxygen atoms in total. The zero-order valence-corrected chi connectivity index (χ0v) is 12.7. The Morgan fingerprint density at radius 1 is 1.30 bits per heavy atom. The average Bonchev–Trinajstić information content (AvgIpc) is 2.88. The maximum Gasteiger partial charge on any atom is 0.225 e. The minimum absolute atomic E-state index is 0.252. The smallest absolute Gasteiger partial charge is 0.225 e. The third-order valence-corrected chi connectivity index (χ3v) is 5.22. The van der Waals surface area contributed by atoms with Crippen molar-refractivity contribution in [1.29, 1.82) is 0 Å². The van der Waals surface area contributed by atoms with E-state index in [2.05, 4.69) is 9.71 Å². The van der Waals surface area contributed by atoms with Gasteiger partial charge < -0.3 is 0 Å². The summed E-state index contributed by atoms with van der Waals surface area (Å²) in [5.41, 5.74) is 1.62. The highest BCUT2D eigenvalue weighted by molar-refractivity contribution is 7.90. The molecular formula is C12H12ClFN2O2S2. The van der Waals surface area contributed by atoms with Crippen LogP contribution in [0.15, 0.2) is 29.6 Å². The van der Waals surface area contributed by atoms with E-state index in [1.54, 1.807) is 12.1 Å². The van der Waals surface area contributed by atoms with Gasteiger partial charge in [-0.1, -0.05) is 0 Å². The lowest BCUT2D eigenvalue weighted by Gasteiger charge is -2.01. The van der Waals surface area contributed by atoms with E-state index in [9.17, 15) is 12.8 Å². The van der Waals surface area contributed by atoms with E-state index in [-0.39, 0.29) is 12.4 Å². The van der Waals surface area contributed by atoms with Crippen molar-refractivity contribution in [1.82, 2.24) is 9.71 Å². The molecule has 0 fully saturated rings. The van der Waals surface area contributed by atoms with E-state index >= 15 is 0 Å². The summed E-state index contributed by atoms with van der Waals surface area (Å²) < 4.78 is 37.5. The minimum Gasteiger partial charge on any atom is -0.241 e. The van der Waals surface area contributed by atoms with Crippen LogP contribution in [0, 0.1) is 5.82 Å². The van der Waals surface area contributed by atoms with Crippen molar-refractivity contribution >= 4 is 33.0 Å². The molecule has 2 rings (SSSR count). The fraction of sp³-hybridized carbons (Fsp3) is 0.250. The third kappa shape index (κ3) is 4.24. The van der Waals surface area contributed by atoms with Crippen LogP contribution >= 0.6 is 22.9 Å². The van der Waals surface area contributed by atoms with Gasteiger partial charge in [0.05, 0.1) is 5.69 Å². The summed E-state index contributed by atoms with van der Waals surface area (Å²) in [6, 6.07) is 6.08. The minimum atomic E-state index is -3.39. The first-order chi connectivity index (χ1) is 9.50. The normalized spacial score (nSPS) is 11.7. The standard InChI is InChI=1S/C12H12ClFN2O2S2/c13-8-20(17,18)15-6-5-11-7-19-12(16-11)9-1-3-10(14)4-2-9/h1-4,7,15H,5-6,8H2. The number of benzene rings is 1. The first-order valence-electron chi connectivity index (χ1n) is 5.74. The lowest BCUT2D eigenvalue weighted by Crippen LogP contribution is -2.26. The molecule has 0 bridgehead atoms. The molecule has 0 radical (unpaired) electrons. The molecule has 0 amide bonds. The van der Waals surface area contributed by atoms with Gasteiger partial charge in [-0.3, -0.25) is 0 Å². The van der Waals surface area contributed by atoms with Gasteiger partial charge in [-0.25, -0.2) is 22.5 Å². The highest BCUT2D eigenvalue weighted by atomic mass is 35.5. The number of thiazole rings is 1. The van der Waals surface area contributed by atoms with Crippen molar-refractivity contribution in [3.63, 3.8) is 0 Å². The van der Waals surface area contributed by atoms with Crippen LogP contribution in [0.1, 0.15) is 5.69 Å². The van der Waals surface area contributed by atoms with Gasteiger partial charge in [0.1, 0.15) is 16.0 Å². The number of hydrogen-bond donors (Lipinski definition) is 1. The van der Waals surface area contributed by atoms with Crippen molar-refractivity contribution in [3.05, 3.63) is 41.2 Å². The maximum atomic E-state index is 12.8. The second-order valence-electron chi connectivity index (χ2n) is 4.02. The van der Waals surface area contributed by atoms with E-state index in [1.807, 2.05) is 5.38 Å². The predicted molar refractivity (Wildman–Crippen MR) is 78.9 cm³/mol. The zero-order chi connectivity index (χ0) is 14.6.